The zero-order valence-corrected chi connectivity index (χ0v) is 21.5. The fourth-order valence-electron chi connectivity index (χ4n) is 6.51. The molecule has 38 heavy (non-hydrogen) atoms. The van der Waals surface area contributed by atoms with Crippen LogP contribution in [0.3, 0.4) is 0 Å². The van der Waals surface area contributed by atoms with Gasteiger partial charge in [0.25, 0.3) is 11.8 Å². The number of hydrogen-bond acceptors (Lipinski definition) is 6. The largest absolute Gasteiger partial charge is 0.384 e. The van der Waals surface area contributed by atoms with E-state index in [9.17, 15) is 9.59 Å². The highest BCUT2D eigenvalue weighted by Gasteiger charge is 2.44. The Morgan fingerprint density at radius 3 is 2.24 bits per heavy atom. The van der Waals surface area contributed by atoms with Crippen LogP contribution in [-0.2, 0) is 16.0 Å². The smallest absolute Gasteiger partial charge is 0.254 e. The predicted octanol–water partition coefficient (Wildman–Crippen LogP) is 3.74. The van der Waals surface area contributed by atoms with E-state index >= 15 is 0 Å². The van der Waals surface area contributed by atoms with Crippen molar-refractivity contribution in [2.24, 2.45) is 0 Å². The van der Waals surface area contributed by atoms with Crippen LogP contribution in [0.15, 0.2) is 42.5 Å². The van der Waals surface area contributed by atoms with E-state index in [0.29, 0.717) is 36.6 Å². The molecule has 3 N–H and O–H groups in total. The molecule has 8 heteroatoms. The molecule has 8 nitrogen and oxygen atoms in total. The van der Waals surface area contributed by atoms with Gasteiger partial charge < -0.3 is 25.4 Å². The molecule has 2 amide bonds. The van der Waals surface area contributed by atoms with E-state index in [1.165, 1.54) is 0 Å². The molecule has 0 radical (unpaired) electrons. The molecule has 4 atom stereocenters. The molecule has 2 aromatic carbocycles. The van der Waals surface area contributed by atoms with Crippen LogP contribution in [0.1, 0.15) is 84.8 Å². The van der Waals surface area contributed by atoms with Crippen molar-refractivity contribution < 1.29 is 19.1 Å². The molecule has 0 aliphatic carbocycles. The van der Waals surface area contributed by atoms with E-state index in [2.05, 4.69) is 10.3 Å². The van der Waals surface area contributed by atoms with E-state index in [-0.39, 0.29) is 36.2 Å². The summed E-state index contributed by atoms with van der Waals surface area (Å²) in [6.07, 6.45) is 1.92. The highest BCUT2D eigenvalue weighted by atomic mass is 16.5. The Balaban J connectivity index is 1.11. The van der Waals surface area contributed by atoms with Crippen molar-refractivity contribution in [1.29, 1.82) is 0 Å². The van der Waals surface area contributed by atoms with E-state index in [1.807, 2.05) is 61.2 Å². The average molecular weight is 511 g/mol. The van der Waals surface area contributed by atoms with Gasteiger partial charge in [0, 0.05) is 36.5 Å². The first-order valence-corrected chi connectivity index (χ1v) is 13.2. The number of benzene rings is 2. The van der Waals surface area contributed by atoms with Crippen LogP contribution in [-0.4, -0.2) is 47.0 Å². The summed E-state index contributed by atoms with van der Waals surface area (Å²) in [6.45, 7) is 5.55. The van der Waals surface area contributed by atoms with Gasteiger partial charge in [-0.2, -0.15) is 0 Å². The molecule has 7 rings (SSSR count). The van der Waals surface area contributed by atoms with Gasteiger partial charge in [0.1, 0.15) is 18.0 Å². The summed E-state index contributed by atoms with van der Waals surface area (Å²) in [5, 5.41) is 3.02. The number of carbonyl (C=O) groups excluding carboxylic acids is 2. The number of amides is 2. The molecule has 194 valence electrons. The van der Waals surface area contributed by atoms with Crippen molar-refractivity contribution in [2.75, 3.05) is 18.8 Å². The second-order valence-electron chi connectivity index (χ2n) is 10.9. The van der Waals surface area contributed by atoms with Gasteiger partial charge in [-0.3, -0.25) is 9.59 Å². The maximum absolute atomic E-state index is 13.3. The Hall–Kier alpha value is -3.75. The van der Waals surface area contributed by atoms with Gasteiger partial charge in [0.2, 0.25) is 0 Å². The number of morpholine rings is 1. The molecular weight excluding hydrogens is 480 g/mol. The fraction of sp³-hybridized carbons (Fsp3) is 0.367. The second kappa shape index (κ2) is 8.64. The Morgan fingerprint density at radius 1 is 0.921 bits per heavy atom. The first kappa shape index (κ1) is 23.4. The Morgan fingerprint density at radius 2 is 1.55 bits per heavy atom. The molecule has 2 unspecified atom stereocenters. The van der Waals surface area contributed by atoms with Crippen molar-refractivity contribution in [2.45, 2.75) is 57.6 Å². The lowest BCUT2D eigenvalue weighted by molar-refractivity contribution is -0.0303. The fourth-order valence-corrected chi connectivity index (χ4v) is 6.51. The van der Waals surface area contributed by atoms with Crippen LogP contribution >= 0.6 is 0 Å². The Bertz CT molecular complexity index is 1470. The van der Waals surface area contributed by atoms with Crippen molar-refractivity contribution in [3.8, 4) is 0 Å². The number of fused-ring (bicyclic) bond motifs is 10. The van der Waals surface area contributed by atoms with Gasteiger partial charge in [0.15, 0.2) is 0 Å². The number of pyridine rings is 1. The number of likely N-dealkylation sites (tertiary alicyclic amines) is 1. The van der Waals surface area contributed by atoms with Crippen LogP contribution in [0.25, 0.3) is 0 Å². The number of ether oxygens (including phenoxy) is 2. The van der Waals surface area contributed by atoms with Crippen molar-refractivity contribution in [3.05, 3.63) is 92.7 Å². The standard InChI is InChI=1S/C30H30N4O4/c1-15-9-26(31)33-16(2)25(15)12-32-29(35)17-3-7-21-23(10-17)28-24-11-18(4-8-22(24)27(21)38-28)30(36)34-13-19-5-6-20(14-34)37-19/h3-4,7-11,19-20,27-28H,5-6,12-14H2,1-2H3,(H2,31,33)(H,32,35)/t19?,20?,27-,28+/m1/s1. The van der Waals surface area contributed by atoms with Crippen LogP contribution < -0.4 is 11.1 Å². The van der Waals surface area contributed by atoms with Crippen LogP contribution in [0, 0.1) is 13.8 Å². The minimum Gasteiger partial charge on any atom is -0.384 e. The summed E-state index contributed by atoms with van der Waals surface area (Å²) in [5.41, 5.74) is 14.1. The number of nitrogens with two attached hydrogens (primary N) is 1. The molecule has 4 bridgehead atoms. The number of aryl methyl sites for hydroxylation is 2. The van der Waals surface area contributed by atoms with E-state index < -0.39 is 0 Å². The summed E-state index contributed by atoms with van der Waals surface area (Å²) in [6, 6.07) is 13.5. The topological polar surface area (TPSA) is 107 Å². The van der Waals surface area contributed by atoms with E-state index in [0.717, 1.165) is 51.9 Å². The summed E-state index contributed by atoms with van der Waals surface area (Å²) in [7, 11) is 0. The number of rotatable bonds is 4. The molecule has 0 saturated carbocycles. The van der Waals surface area contributed by atoms with Gasteiger partial charge in [-0.05, 0) is 90.4 Å². The lowest BCUT2D eigenvalue weighted by Gasteiger charge is -2.32. The number of anilines is 1. The molecule has 0 spiro atoms. The lowest BCUT2D eigenvalue weighted by Crippen LogP contribution is -2.45. The highest BCUT2D eigenvalue weighted by molar-refractivity contribution is 5.96. The van der Waals surface area contributed by atoms with Crippen LogP contribution in [0.4, 0.5) is 5.82 Å². The molecule has 1 aromatic heterocycles. The Kier molecular flexibility index (Phi) is 5.32. The van der Waals surface area contributed by atoms with Gasteiger partial charge in [-0.1, -0.05) is 12.1 Å². The molecule has 4 aliphatic heterocycles. The zero-order valence-electron chi connectivity index (χ0n) is 21.5. The number of nitrogens with zero attached hydrogens (tertiary/aromatic N) is 2. The first-order chi connectivity index (χ1) is 18.4. The van der Waals surface area contributed by atoms with Crippen molar-refractivity contribution in [3.63, 3.8) is 0 Å². The second-order valence-corrected chi connectivity index (χ2v) is 10.9. The third-order valence-electron chi connectivity index (χ3n) is 8.42. The van der Waals surface area contributed by atoms with Crippen LogP contribution in [0.2, 0.25) is 0 Å². The third-order valence-corrected chi connectivity index (χ3v) is 8.42. The van der Waals surface area contributed by atoms with Gasteiger partial charge in [-0.15, -0.1) is 0 Å². The normalized spacial score (nSPS) is 24.3. The maximum Gasteiger partial charge on any atom is 0.254 e. The molecule has 4 aliphatic rings. The number of carbonyl (C=O) groups is 2. The molecule has 2 fully saturated rings. The summed E-state index contributed by atoms with van der Waals surface area (Å²) in [5.74, 6) is 0.370. The monoisotopic (exact) mass is 510 g/mol. The first-order valence-electron chi connectivity index (χ1n) is 13.2. The minimum absolute atomic E-state index is 0.0480. The van der Waals surface area contributed by atoms with Crippen LogP contribution in [0.5, 0.6) is 0 Å². The van der Waals surface area contributed by atoms with Crippen molar-refractivity contribution in [1.82, 2.24) is 15.2 Å². The van der Waals surface area contributed by atoms with Gasteiger partial charge in [0.05, 0.1) is 12.2 Å². The molecular formula is C30H30N4O4. The Labute approximate surface area is 221 Å². The average Bonchev–Trinajstić information content (AvgIpc) is 3.58. The maximum atomic E-state index is 13.3. The van der Waals surface area contributed by atoms with Crippen molar-refractivity contribution >= 4 is 17.6 Å². The minimum atomic E-state index is -0.280. The number of nitrogens with one attached hydrogen (secondary N) is 1. The SMILES string of the molecule is Cc1cc(N)nc(C)c1CNC(=O)c1ccc2c(c1)[C@@H]1O[C@H]2c2ccc(C(=O)N3CC4CCC(C3)O4)cc21. The van der Waals surface area contributed by atoms with E-state index in [1.54, 1.807) is 0 Å². The predicted molar refractivity (Wildman–Crippen MR) is 141 cm³/mol. The van der Waals surface area contributed by atoms with Gasteiger partial charge in [-0.25, -0.2) is 4.98 Å². The number of nitrogen functional groups attached to an aromatic ring is 1. The summed E-state index contributed by atoms with van der Waals surface area (Å²) < 4.78 is 12.2. The highest BCUT2D eigenvalue weighted by Crippen LogP contribution is 2.54. The molecule has 5 heterocycles. The number of aromatic nitrogens is 1. The quantitative estimate of drug-likeness (QED) is 0.554. The third kappa shape index (κ3) is 3.70. The summed E-state index contributed by atoms with van der Waals surface area (Å²) in [4.78, 5) is 32.7. The zero-order chi connectivity index (χ0) is 26.1. The van der Waals surface area contributed by atoms with Gasteiger partial charge >= 0.3 is 0 Å². The van der Waals surface area contributed by atoms with E-state index in [4.69, 9.17) is 15.2 Å². The summed E-state index contributed by atoms with van der Waals surface area (Å²) >= 11 is 0. The molecule has 3 aromatic rings. The number of hydrogen-bond donors (Lipinski definition) is 2. The molecule has 2 saturated heterocycles. The lowest BCUT2D eigenvalue weighted by atomic mass is 9.84.